The number of nitrogens with zero attached hydrogens (tertiary/aromatic N) is 2. The Morgan fingerprint density at radius 1 is 1.15 bits per heavy atom. The largest absolute Gasteiger partial charge is 0.573 e. The Morgan fingerprint density at radius 3 is 2.41 bits per heavy atom. The van der Waals surface area contributed by atoms with E-state index in [4.69, 9.17) is 5.26 Å². The van der Waals surface area contributed by atoms with Crippen molar-refractivity contribution in [2.45, 2.75) is 19.7 Å². The van der Waals surface area contributed by atoms with E-state index in [1.54, 1.807) is 12.1 Å². The summed E-state index contributed by atoms with van der Waals surface area (Å²) in [5.41, 5.74) is 2.52. The molecule has 3 rings (SSSR count). The summed E-state index contributed by atoms with van der Waals surface area (Å²) in [6, 6.07) is 15.4. The number of nitrogens with one attached hydrogen (secondary N) is 1. The quantitative estimate of drug-likeness (QED) is 0.817. The fraction of sp³-hybridized carbons (Fsp3) is 0.350. The Labute approximate surface area is 156 Å². The number of hydrogen-bond donors (Lipinski definition) is 1. The van der Waals surface area contributed by atoms with E-state index in [9.17, 15) is 13.2 Å². The predicted octanol–water partition coefficient (Wildman–Crippen LogP) is 4.79. The van der Waals surface area contributed by atoms with E-state index in [0.29, 0.717) is 12.1 Å². The Hall–Kier alpha value is -2.88. The lowest BCUT2D eigenvalue weighted by Crippen LogP contribution is -2.30. The van der Waals surface area contributed by atoms with Gasteiger partial charge in [-0.05, 0) is 55.0 Å². The molecule has 1 unspecified atom stereocenters. The first-order valence-corrected chi connectivity index (χ1v) is 8.61. The number of benzene rings is 2. The van der Waals surface area contributed by atoms with Gasteiger partial charge in [-0.2, -0.15) is 5.26 Å². The topological polar surface area (TPSA) is 48.3 Å². The van der Waals surface area contributed by atoms with Crippen LogP contribution in [0, 0.1) is 16.7 Å². The minimum absolute atomic E-state index is 0.0367. The summed E-state index contributed by atoms with van der Waals surface area (Å²) in [4.78, 5) is 2.28. The van der Waals surface area contributed by atoms with Crippen LogP contribution in [0.5, 0.6) is 5.75 Å². The molecule has 4 nitrogen and oxygen atoms in total. The summed E-state index contributed by atoms with van der Waals surface area (Å²) < 4.78 is 40.5. The van der Waals surface area contributed by atoms with Gasteiger partial charge in [0.2, 0.25) is 0 Å². The van der Waals surface area contributed by atoms with Gasteiger partial charge >= 0.3 is 6.36 Å². The van der Waals surface area contributed by atoms with Crippen molar-refractivity contribution in [3.63, 3.8) is 0 Å². The van der Waals surface area contributed by atoms with Crippen LogP contribution in [0.3, 0.4) is 0 Å². The summed E-state index contributed by atoms with van der Waals surface area (Å²) in [7, 11) is 0. The highest BCUT2D eigenvalue weighted by atomic mass is 19.4. The standard InChI is InChI=1S/C20H20F3N3O/c1-19(10-11-26(14-19)17-6-2-15(12-24)3-7-17)13-25-16-4-8-18(9-5-16)27-20(21,22)23/h2-9,25H,10-11,13-14H2,1H3. The molecule has 0 saturated carbocycles. The number of nitriles is 1. The van der Waals surface area contributed by atoms with E-state index in [1.165, 1.54) is 12.1 Å². The summed E-state index contributed by atoms with van der Waals surface area (Å²) in [6.45, 7) is 4.67. The van der Waals surface area contributed by atoms with Gasteiger partial charge in [0.15, 0.2) is 0 Å². The van der Waals surface area contributed by atoms with Gasteiger partial charge in [0, 0.05) is 36.4 Å². The third-order valence-electron chi connectivity index (χ3n) is 4.73. The summed E-state index contributed by atoms with van der Waals surface area (Å²) in [5.74, 6) is -0.230. The highest BCUT2D eigenvalue weighted by Crippen LogP contribution is 2.34. The van der Waals surface area contributed by atoms with Crippen LogP contribution in [0.25, 0.3) is 0 Å². The summed E-state index contributed by atoms with van der Waals surface area (Å²) >= 11 is 0. The molecular formula is C20H20F3N3O. The monoisotopic (exact) mass is 375 g/mol. The lowest BCUT2D eigenvalue weighted by Gasteiger charge is -2.26. The third-order valence-corrected chi connectivity index (χ3v) is 4.73. The number of hydrogen-bond acceptors (Lipinski definition) is 4. The van der Waals surface area contributed by atoms with E-state index in [0.717, 1.165) is 30.9 Å². The molecule has 1 saturated heterocycles. The second kappa shape index (κ2) is 7.39. The van der Waals surface area contributed by atoms with Crippen LogP contribution in [-0.2, 0) is 0 Å². The molecule has 1 N–H and O–H groups in total. The normalized spacial score (nSPS) is 19.6. The van der Waals surface area contributed by atoms with Crippen molar-refractivity contribution < 1.29 is 17.9 Å². The minimum atomic E-state index is -4.68. The van der Waals surface area contributed by atoms with Crippen molar-refractivity contribution in [3.05, 3.63) is 54.1 Å². The van der Waals surface area contributed by atoms with Gasteiger partial charge in [-0.1, -0.05) is 6.92 Å². The van der Waals surface area contributed by atoms with Gasteiger partial charge in [0.1, 0.15) is 5.75 Å². The Kier molecular flexibility index (Phi) is 5.17. The van der Waals surface area contributed by atoms with Crippen molar-refractivity contribution in [2.24, 2.45) is 5.41 Å². The van der Waals surface area contributed by atoms with Gasteiger partial charge in [-0.25, -0.2) is 0 Å². The molecule has 1 aliphatic heterocycles. The molecule has 1 aliphatic rings. The van der Waals surface area contributed by atoms with Gasteiger partial charge in [0.25, 0.3) is 0 Å². The average molecular weight is 375 g/mol. The fourth-order valence-electron chi connectivity index (χ4n) is 3.23. The SMILES string of the molecule is CC1(CNc2ccc(OC(F)(F)F)cc2)CCN(c2ccc(C#N)cc2)C1. The van der Waals surface area contributed by atoms with Crippen LogP contribution in [-0.4, -0.2) is 26.0 Å². The van der Waals surface area contributed by atoms with Crippen molar-refractivity contribution in [3.8, 4) is 11.8 Å². The van der Waals surface area contributed by atoms with Crippen LogP contribution >= 0.6 is 0 Å². The molecule has 0 bridgehead atoms. The first-order valence-electron chi connectivity index (χ1n) is 8.61. The first kappa shape index (κ1) is 18.9. The Balaban J connectivity index is 1.55. The molecule has 27 heavy (non-hydrogen) atoms. The lowest BCUT2D eigenvalue weighted by molar-refractivity contribution is -0.274. The number of anilines is 2. The molecule has 0 radical (unpaired) electrons. The molecule has 142 valence electrons. The van der Waals surface area contributed by atoms with Crippen molar-refractivity contribution in [2.75, 3.05) is 29.9 Å². The molecule has 1 fully saturated rings. The minimum Gasteiger partial charge on any atom is -0.406 e. The maximum Gasteiger partial charge on any atom is 0.573 e. The van der Waals surface area contributed by atoms with Crippen molar-refractivity contribution in [1.82, 2.24) is 0 Å². The van der Waals surface area contributed by atoms with Crippen molar-refractivity contribution >= 4 is 11.4 Å². The van der Waals surface area contributed by atoms with Gasteiger partial charge in [-0.3, -0.25) is 0 Å². The maximum absolute atomic E-state index is 12.2. The Bertz CT molecular complexity index is 812. The van der Waals surface area contributed by atoms with Gasteiger partial charge < -0.3 is 15.0 Å². The third kappa shape index (κ3) is 5.07. The van der Waals surface area contributed by atoms with Crippen LogP contribution in [0.2, 0.25) is 0 Å². The zero-order valence-corrected chi connectivity index (χ0v) is 14.9. The summed E-state index contributed by atoms with van der Waals surface area (Å²) in [5, 5.41) is 12.2. The zero-order valence-electron chi connectivity index (χ0n) is 14.9. The molecule has 2 aromatic carbocycles. The van der Waals surface area contributed by atoms with E-state index in [-0.39, 0.29) is 11.2 Å². The number of halogens is 3. The van der Waals surface area contributed by atoms with Crippen LogP contribution in [0.4, 0.5) is 24.5 Å². The highest BCUT2D eigenvalue weighted by molar-refractivity contribution is 5.51. The summed E-state index contributed by atoms with van der Waals surface area (Å²) in [6.07, 6.45) is -3.68. The lowest BCUT2D eigenvalue weighted by atomic mass is 9.89. The molecular weight excluding hydrogens is 355 g/mol. The van der Waals surface area contributed by atoms with E-state index >= 15 is 0 Å². The van der Waals surface area contributed by atoms with Gasteiger partial charge in [-0.15, -0.1) is 13.2 Å². The number of rotatable bonds is 5. The first-order chi connectivity index (χ1) is 12.8. The number of ether oxygens (including phenoxy) is 1. The van der Waals surface area contributed by atoms with E-state index in [2.05, 4.69) is 27.9 Å². The Morgan fingerprint density at radius 2 is 1.81 bits per heavy atom. The van der Waals surface area contributed by atoms with Crippen molar-refractivity contribution in [1.29, 1.82) is 5.26 Å². The van der Waals surface area contributed by atoms with E-state index < -0.39 is 6.36 Å². The zero-order chi connectivity index (χ0) is 19.5. The van der Waals surface area contributed by atoms with Gasteiger partial charge in [0.05, 0.1) is 11.6 Å². The molecule has 1 heterocycles. The predicted molar refractivity (Wildman–Crippen MR) is 97.7 cm³/mol. The molecule has 0 spiro atoms. The maximum atomic E-state index is 12.2. The fourth-order valence-corrected chi connectivity index (χ4v) is 3.23. The smallest absolute Gasteiger partial charge is 0.406 e. The average Bonchev–Trinajstić information content (AvgIpc) is 3.03. The number of alkyl halides is 3. The van der Waals surface area contributed by atoms with E-state index in [1.807, 2.05) is 24.3 Å². The molecule has 0 aliphatic carbocycles. The molecule has 0 amide bonds. The molecule has 1 atom stereocenters. The van der Waals surface area contributed by atoms with Crippen LogP contribution in [0.1, 0.15) is 18.9 Å². The highest BCUT2D eigenvalue weighted by Gasteiger charge is 2.34. The van der Waals surface area contributed by atoms with Crippen LogP contribution in [0.15, 0.2) is 48.5 Å². The van der Waals surface area contributed by atoms with Crippen LogP contribution < -0.4 is 15.0 Å². The molecule has 7 heteroatoms. The molecule has 2 aromatic rings. The molecule has 0 aromatic heterocycles. The second-order valence-electron chi connectivity index (χ2n) is 7.07. The second-order valence-corrected chi connectivity index (χ2v) is 7.07.